The molecule has 0 spiro atoms. The van der Waals surface area contributed by atoms with Crippen molar-refractivity contribution in [3.8, 4) is 11.5 Å². The molecular weight excluding hydrogens is 907 g/mol. The molecule has 4 N–H and O–H groups in total. The van der Waals surface area contributed by atoms with Crippen molar-refractivity contribution in [3.63, 3.8) is 0 Å². The highest BCUT2D eigenvalue weighted by Gasteiger charge is 2.52. The van der Waals surface area contributed by atoms with Crippen LogP contribution in [0, 0.1) is 0 Å². The molecule has 3 aromatic carbocycles. The van der Waals surface area contributed by atoms with Crippen LogP contribution in [0.2, 0.25) is 43.8 Å². The molecule has 1 aliphatic rings. The Morgan fingerprint density at radius 1 is 0.868 bits per heavy atom. The minimum Gasteiger partial charge on any atom is -0.497 e. The summed E-state index contributed by atoms with van der Waals surface area (Å²) in [7, 11) is -0.818. The van der Waals surface area contributed by atoms with E-state index in [1.54, 1.807) is 18.8 Å². The Morgan fingerprint density at radius 3 is 2.03 bits per heavy atom. The number of aliphatic hydroxyl groups excluding tert-OH is 1. The van der Waals surface area contributed by atoms with Gasteiger partial charge in [0.1, 0.15) is 48.5 Å². The van der Waals surface area contributed by atoms with E-state index in [4.69, 9.17) is 38.6 Å². The molecule has 68 heavy (non-hydrogen) atoms. The van der Waals surface area contributed by atoms with Gasteiger partial charge in [-0.15, -0.1) is 0 Å². The largest absolute Gasteiger partial charge is 0.497 e. The van der Waals surface area contributed by atoms with Gasteiger partial charge >= 0.3 is 6.09 Å². The standard InChI is InChI=1S/C48H67N7O11Si2/c1-47(2,3)68(9,10)66-42-41(57)38(29-64-48(33-14-12-11-13-15-33,34-16-20-36(60-4)21-17-34)35-18-22-37(61-5)23-19-35)65-45(42)54-31-50-40-43(54)51-30-53(44(40)58)24-25-62-32-52-55(39(56)28-49)46(59)63-26-27-67(6,7)8/h11-23,30-31,38,41-42,45,52,57H,24-29,32,49H2,1-10H3/t38-,41-,42-,45-/m1/s1. The highest BCUT2D eigenvalue weighted by molar-refractivity contribution is 6.76. The van der Waals surface area contributed by atoms with Crippen LogP contribution in [0.4, 0.5) is 4.79 Å². The third-order valence-electron chi connectivity index (χ3n) is 12.5. The number of nitrogens with two attached hydrogens (primary N) is 1. The van der Waals surface area contributed by atoms with Crippen LogP contribution in [-0.4, -0.2) is 123 Å². The number of carbonyl (C=O) groups is 2. The van der Waals surface area contributed by atoms with Crippen LogP contribution < -0.4 is 26.2 Å². The Bertz CT molecular complexity index is 2460. The normalized spacial score (nSPS) is 17.9. The summed E-state index contributed by atoms with van der Waals surface area (Å²) in [5, 5.41) is 12.8. The second-order valence-electron chi connectivity index (χ2n) is 19.3. The zero-order valence-corrected chi connectivity index (χ0v) is 42.8. The Labute approximate surface area is 399 Å². The van der Waals surface area contributed by atoms with Crippen molar-refractivity contribution >= 4 is 39.6 Å². The maximum absolute atomic E-state index is 13.9. The summed E-state index contributed by atoms with van der Waals surface area (Å²) in [6.07, 6.45) is -1.97. The summed E-state index contributed by atoms with van der Waals surface area (Å²) in [5.74, 6) is 0.671. The van der Waals surface area contributed by atoms with Gasteiger partial charge in [0.05, 0.1) is 53.5 Å². The van der Waals surface area contributed by atoms with E-state index in [9.17, 15) is 19.5 Å². The van der Waals surface area contributed by atoms with Gasteiger partial charge in [0.2, 0.25) is 0 Å². The first-order chi connectivity index (χ1) is 32.2. The van der Waals surface area contributed by atoms with Crippen LogP contribution >= 0.6 is 0 Å². The van der Waals surface area contributed by atoms with E-state index >= 15 is 0 Å². The maximum Gasteiger partial charge on any atom is 0.431 e. The molecule has 5 aromatic rings. The topological polar surface area (TPSA) is 213 Å². The van der Waals surface area contributed by atoms with Crippen molar-refractivity contribution in [3.05, 3.63) is 119 Å². The number of aliphatic hydroxyl groups is 1. The summed E-state index contributed by atoms with van der Waals surface area (Å²) in [6.45, 7) is 16.5. The molecule has 1 fully saturated rings. The molecule has 1 saturated heterocycles. The predicted molar refractivity (Wildman–Crippen MR) is 261 cm³/mol. The van der Waals surface area contributed by atoms with Crippen molar-refractivity contribution < 1.29 is 47.5 Å². The number of nitrogens with zero attached hydrogens (tertiary/aromatic N) is 5. The van der Waals surface area contributed by atoms with E-state index in [0.717, 1.165) is 22.7 Å². The van der Waals surface area contributed by atoms with Crippen LogP contribution in [0.15, 0.2) is 96.3 Å². The lowest BCUT2D eigenvalue weighted by Crippen LogP contribution is -2.50. The molecule has 3 heterocycles. The molecule has 0 aliphatic carbocycles. The fourth-order valence-electron chi connectivity index (χ4n) is 7.50. The number of hydrazine groups is 1. The van der Waals surface area contributed by atoms with Crippen LogP contribution in [0.1, 0.15) is 43.7 Å². The number of imide groups is 1. The number of aromatic nitrogens is 4. The lowest BCUT2D eigenvalue weighted by atomic mass is 9.80. The summed E-state index contributed by atoms with van der Waals surface area (Å²) in [4.78, 5) is 48.1. The molecule has 0 bridgehead atoms. The zero-order chi connectivity index (χ0) is 49.4. The fraction of sp³-hybridized carbons (Fsp3) is 0.479. The summed E-state index contributed by atoms with van der Waals surface area (Å²) in [6, 6.07) is 25.9. The van der Waals surface area contributed by atoms with Crippen LogP contribution in [0.3, 0.4) is 0 Å². The average Bonchev–Trinajstić information content (AvgIpc) is 3.88. The summed E-state index contributed by atoms with van der Waals surface area (Å²) < 4.78 is 45.9. The molecule has 1 aliphatic heterocycles. The van der Waals surface area contributed by atoms with Crippen molar-refractivity contribution in [1.82, 2.24) is 29.5 Å². The van der Waals surface area contributed by atoms with Crippen LogP contribution in [0.5, 0.6) is 11.5 Å². The molecule has 20 heteroatoms. The number of amides is 2. The van der Waals surface area contributed by atoms with Crippen molar-refractivity contribution in [1.29, 1.82) is 0 Å². The van der Waals surface area contributed by atoms with Crippen molar-refractivity contribution in [2.45, 2.75) is 101 Å². The molecule has 2 amide bonds. The zero-order valence-electron chi connectivity index (χ0n) is 40.8. The van der Waals surface area contributed by atoms with Crippen LogP contribution in [0.25, 0.3) is 11.2 Å². The number of rotatable bonds is 21. The van der Waals surface area contributed by atoms with Crippen molar-refractivity contribution in [2.75, 3.05) is 47.3 Å². The first-order valence-corrected chi connectivity index (χ1v) is 29.3. The number of ether oxygens (including phenoxy) is 6. The Morgan fingerprint density at radius 2 is 1.47 bits per heavy atom. The van der Waals surface area contributed by atoms with Gasteiger partial charge in [0, 0.05) is 8.07 Å². The van der Waals surface area contributed by atoms with E-state index in [1.807, 2.05) is 78.9 Å². The van der Waals surface area contributed by atoms with Gasteiger partial charge in [0.25, 0.3) is 11.5 Å². The van der Waals surface area contributed by atoms with Gasteiger partial charge in [-0.3, -0.25) is 18.7 Å². The number of hydrogen-bond acceptors (Lipinski definition) is 15. The van der Waals surface area contributed by atoms with E-state index < -0.39 is 70.6 Å². The van der Waals surface area contributed by atoms with Gasteiger partial charge in [0.15, 0.2) is 25.7 Å². The second-order valence-corrected chi connectivity index (χ2v) is 29.7. The molecule has 18 nitrogen and oxygen atoms in total. The van der Waals surface area contributed by atoms with Gasteiger partial charge in [-0.25, -0.2) is 14.8 Å². The average molecular weight is 974 g/mol. The van der Waals surface area contributed by atoms with Crippen molar-refractivity contribution in [2.24, 2.45) is 5.73 Å². The van der Waals surface area contributed by atoms with E-state index in [1.165, 1.54) is 17.2 Å². The molecule has 2 aromatic heterocycles. The Balaban J connectivity index is 1.25. The molecule has 0 saturated carbocycles. The van der Waals surface area contributed by atoms with Gasteiger partial charge in [-0.05, 0) is 65.1 Å². The highest BCUT2D eigenvalue weighted by atomic mass is 28.4. The first kappa shape index (κ1) is 52.1. The van der Waals surface area contributed by atoms with Gasteiger partial charge in [-0.1, -0.05) is 95.0 Å². The fourth-order valence-corrected chi connectivity index (χ4v) is 9.50. The number of hydrogen-bond donors (Lipinski definition) is 3. The molecule has 368 valence electrons. The monoisotopic (exact) mass is 973 g/mol. The minimum atomic E-state index is -2.57. The molecule has 0 radical (unpaired) electrons. The van der Waals surface area contributed by atoms with E-state index in [-0.39, 0.29) is 49.3 Å². The number of fused-ring (bicyclic) bond motifs is 1. The number of carbonyl (C=O) groups excluding carboxylic acids is 2. The van der Waals surface area contributed by atoms with E-state index in [2.05, 4.69) is 68.9 Å². The third kappa shape index (κ3) is 11.7. The number of benzene rings is 3. The lowest BCUT2D eigenvalue weighted by molar-refractivity contribution is -0.132. The minimum absolute atomic E-state index is 0.00961. The third-order valence-corrected chi connectivity index (χ3v) is 18.7. The Kier molecular flexibility index (Phi) is 16.8. The Hall–Kier alpha value is -5.30. The maximum atomic E-state index is 13.9. The smallest absolute Gasteiger partial charge is 0.431 e. The summed E-state index contributed by atoms with van der Waals surface area (Å²) in [5.41, 5.74) is 9.27. The number of nitrogens with one attached hydrogen (secondary N) is 1. The predicted octanol–water partition coefficient (Wildman–Crippen LogP) is 6.01. The SMILES string of the molecule is COc1ccc(C(OC[C@H]2O[C@@H](n3cnc4c(=O)n(CCOCNN(C(=O)CN)C(=O)OCC[Si](C)(C)C)cnc43)[C@H](O[Si](C)(C)C(C)(C)C)[C@@H]2O)(c2ccccc2)c2ccc(OC)cc2)cc1. The number of imidazole rings is 1. The number of methoxy groups -OCH3 is 2. The van der Waals surface area contributed by atoms with Crippen LogP contribution in [-0.2, 0) is 40.3 Å². The summed E-state index contributed by atoms with van der Waals surface area (Å²) >= 11 is 0. The molecule has 0 unspecified atom stereocenters. The molecule has 6 rings (SSSR count). The van der Waals surface area contributed by atoms with Gasteiger partial charge < -0.3 is 43.7 Å². The van der Waals surface area contributed by atoms with E-state index in [0.29, 0.717) is 16.5 Å². The van der Waals surface area contributed by atoms with Gasteiger partial charge in [-0.2, -0.15) is 10.4 Å². The highest BCUT2D eigenvalue weighted by Crippen LogP contribution is 2.45. The second kappa shape index (κ2) is 22.0. The lowest BCUT2D eigenvalue weighted by Gasteiger charge is -2.40. The quantitative estimate of drug-likeness (QED) is 0.0253. The molecular formula is C48H67N7O11Si2. The molecule has 4 atom stereocenters. The first-order valence-electron chi connectivity index (χ1n) is 22.7.